The van der Waals surface area contributed by atoms with Crippen molar-refractivity contribution in [1.82, 2.24) is 4.90 Å². The Bertz CT molecular complexity index is 343. The van der Waals surface area contributed by atoms with Gasteiger partial charge in [-0.1, -0.05) is 0 Å². The van der Waals surface area contributed by atoms with Crippen LogP contribution in [0.5, 0.6) is 5.75 Å². The maximum atomic E-state index is 10.5. The molecule has 4 nitrogen and oxygen atoms in total. The Labute approximate surface area is 109 Å². The molecule has 1 saturated heterocycles. The molecule has 0 aliphatic carbocycles. The number of hydrogen-bond donors (Lipinski definition) is 1. The van der Waals surface area contributed by atoms with Gasteiger partial charge >= 0.3 is 0 Å². The normalized spacial score (nSPS) is 16.6. The number of piperidine rings is 1. The van der Waals surface area contributed by atoms with Crippen molar-refractivity contribution in [2.24, 2.45) is 5.73 Å². The van der Waals surface area contributed by atoms with Gasteiger partial charge in [0.25, 0.3) is 0 Å². The van der Waals surface area contributed by atoms with E-state index < -0.39 is 0 Å². The third-order valence-corrected chi connectivity index (χ3v) is 2.98. The Morgan fingerprint density at radius 2 is 1.78 bits per heavy atom. The van der Waals surface area contributed by atoms with E-state index in [4.69, 9.17) is 4.74 Å². The average Bonchev–Trinajstić information content (AvgIpc) is 2.44. The zero-order valence-electron chi connectivity index (χ0n) is 11.1. The van der Waals surface area contributed by atoms with Crippen molar-refractivity contribution in [2.75, 3.05) is 27.2 Å². The molecule has 1 heterocycles. The summed E-state index contributed by atoms with van der Waals surface area (Å²) < 4.78 is 5.86. The van der Waals surface area contributed by atoms with Crippen molar-refractivity contribution >= 4 is 6.29 Å². The fraction of sp³-hybridized carbons (Fsp3) is 0.500. The third-order valence-electron chi connectivity index (χ3n) is 2.98. The Morgan fingerprint density at radius 3 is 2.28 bits per heavy atom. The number of likely N-dealkylation sites (tertiary alicyclic amines) is 1. The first kappa shape index (κ1) is 14.7. The summed E-state index contributed by atoms with van der Waals surface area (Å²) in [6.07, 6.45) is 3.32. The summed E-state index contributed by atoms with van der Waals surface area (Å²) in [7, 11) is 3.63. The number of benzene rings is 1. The van der Waals surface area contributed by atoms with Gasteiger partial charge in [-0.15, -0.1) is 0 Å². The summed E-state index contributed by atoms with van der Waals surface area (Å²) in [4.78, 5) is 12.8. The minimum absolute atomic E-state index is 0.318. The van der Waals surface area contributed by atoms with Crippen LogP contribution in [-0.2, 0) is 0 Å². The van der Waals surface area contributed by atoms with Crippen molar-refractivity contribution in [2.45, 2.75) is 18.9 Å². The summed E-state index contributed by atoms with van der Waals surface area (Å²) in [6.45, 7) is 2.19. The highest BCUT2D eigenvalue weighted by molar-refractivity contribution is 5.74. The van der Waals surface area contributed by atoms with Crippen molar-refractivity contribution in [3.05, 3.63) is 29.8 Å². The molecule has 0 spiro atoms. The second-order valence-corrected chi connectivity index (χ2v) is 4.31. The maximum absolute atomic E-state index is 10.5. The van der Waals surface area contributed by atoms with Gasteiger partial charge in [-0.3, -0.25) is 4.79 Å². The second kappa shape index (κ2) is 7.84. The molecule has 0 unspecified atom stereocenters. The zero-order valence-corrected chi connectivity index (χ0v) is 11.1. The second-order valence-electron chi connectivity index (χ2n) is 4.31. The molecule has 2 N–H and O–H groups in total. The predicted octanol–water partition coefficient (Wildman–Crippen LogP) is 1.55. The summed E-state index contributed by atoms with van der Waals surface area (Å²) >= 11 is 0. The van der Waals surface area contributed by atoms with Gasteiger partial charge in [-0.05, 0) is 51.2 Å². The van der Waals surface area contributed by atoms with Crippen molar-refractivity contribution in [1.29, 1.82) is 0 Å². The van der Waals surface area contributed by atoms with Crippen molar-refractivity contribution < 1.29 is 9.53 Å². The van der Waals surface area contributed by atoms with Gasteiger partial charge in [-0.2, -0.15) is 0 Å². The van der Waals surface area contributed by atoms with Gasteiger partial charge in [0.15, 0.2) is 0 Å². The summed E-state index contributed by atoms with van der Waals surface area (Å²) in [5, 5.41) is 0. The largest absolute Gasteiger partial charge is 0.490 e. The van der Waals surface area contributed by atoms with Gasteiger partial charge in [-0.25, -0.2) is 0 Å². The van der Waals surface area contributed by atoms with Crippen molar-refractivity contribution in [3.63, 3.8) is 0 Å². The molecule has 0 saturated carbocycles. The van der Waals surface area contributed by atoms with Crippen LogP contribution in [0.15, 0.2) is 24.3 Å². The molecule has 1 aliphatic rings. The molecule has 4 heteroatoms. The van der Waals surface area contributed by atoms with E-state index >= 15 is 0 Å². The number of carbonyl (C=O) groups is 1. The highest BCUT2D eigenvalue weighted by Gasteiger charge is 2.17. The van der Waals surface area contributed by atoms with Crippen LogP contribution < -0.4 is 10.5 Å². The minimum Gasteiger partial charge on any atom is -0.490 e. The standard InChI is InChI=1S/C13H17NO2.CH5N/c1-14-8-6-13(7-9-14)16-12-4-2-11(10-15)3-5-12;1-2/h2-5,10,13H,6-9H2,1H3;2H2,1H3. The highest BCUT2D eigenvalue weighted by Crippen LogP contribution is 2.18. The lowest BCUT2D eigenvalue weighted by molar-refractivity contribution is 0.112. The molecule has 0 atom stereocenters. The van der Waals surface area contributed by atoms with E-state index in [-0.39, 0.29) is 0 Å². The van der Waals surface area contributed by atoms with Crippen LogP contribution in [0.25, 0.3) is 0 Å². The van der Waals surface area contributed by atoms with Gasteiger partial charge < -0.3 is 15.4 Å². The lowest BCUT2D eigenvalue weighted by atomic mass is 10.1. The van der Waals surface area contributed by atoms with E-state index in [0.717, 1.165) is 38.0 Å². The molecular weight excluding hydrogens is 228 g/mol. The monoisotopic (exact) mass is 250 g/mol. The van der Waals surface area contributed by atoms with E-state index in [1.165, 1.54) is 7.05 Å². The Kier molecular flexibility index (Phi) is 6.39. The summed E-state index contributed by atoms with van der Waals surface area (Å²) in [5.41, 5.74) is 5.19. The number of nitrogens with two attached hydrogens (primary N) is 1. The number of hydrogen-bond acceptors (Lipinski definition) is 4. The van der Waals surface area contributed by atoms with Crippen LogP contribution in [-0.4, -0.2) is 44.5 Å². The summed E-state index contributed by atoms with van der Waals surface area (Å²) in [5.74, 6) is 0.861. The Hall–Kier alpha value is -1.39. The molecule has 1 aliphatic heterocycles. The smallest absolute Gasteiger partial charge is 0.150 e. The minimum atomic E-state index is 0.318. The predicted molar refractivity (Wildman–Crippen MR) is 73.1 cm³/mol. The molecule has 1 fully saturated rings. The lowest BCUT2D eigenvalue weighted by Gasteiger charge is -2.29. The molecule has 0 aromatic heterocycles. The van der Waals surface area contributed by atoms with E-state index in [1.54, 1.807) is 12.1 Å². The first-order chi connectivity index (χ1) is 8.78. The van der Waals surface area contributed by atoms with Gasteiger partial charge in [0, 0.05) is 18.7 Å². The molecular formula is C14H22N2O2. The molecule has 0 amide bonds. The van der Waals surface area contributed by atoms with E-state index in [9.17, 15) is 4.79 Å². The topological polar surface area (TPSA) is 55.6 Å². The van der Waals surface area contributed by atoms with E-state index in [1.807, 2.05) is 12.1 Å². The summed E-state index contributed by atoms with van der Waals surface area (Å²) in [6, 6.07) is 7.30. The highest BCUT2D eigenvalue weighted by atomic mass is 16.5. The van der Waals surface area contributed by atoms with Gasteiger partial charge in [0.2, 0.25) is 0 Å². The van der Waals surface area contributed by atoms with Crippen LogP contribution in [0.2, 0.25) is 0 Å². The van der Waals surface area contributed by atoms with Crippen LogP contribution in [0, 0.1) is 0 Å². The molecule has 0 bridgehead atoms. The van der Waals surface area contributed by atoms with Gasteiger partial charge in [0.1, 0.15) is 18.1 Å². The first-order valence-electron chi connectivity index (χ1n) is 6.26. The van der Waals surface area contributed by atoms with E-state index in [2.05, 4.69) is 17.7 Å². The molecule has 1 aromatic carbocycles. The molecule has 1 aromatic rings. The molecule has 0 radical (unpaired) electrons. The quantitative estimate of drug-likeness (QED) is 0.827. The molecule has 2 rings (SSSR count). The molecule has 100 valence electrons. The average molecular weight is 250 g/mol. The van der Waals surface area contributed by atoms with Crippen LogP contribution in [0.1, 0.15) is 23.2 Å². The molecule has 18 heavy (non-hydrogen) atoms. The Balaban J connectivity index is 0.000000771. The van der Waals surface area contributed by atoms with Crippen LogP contribution >= 0.6 is 0 Å². The number of nitrogens with zero attached hydrogens (tertiary/aromatic N) is 1. The van der Waals surface area contributed by atoms with Gasteiger partial charge in [0.05, 0.1) is 0 Å². The van der Waals surface area contributed by atoms with Crippen molar-refractivity contribution in [3.8, 4) is 5.75 Å². The number of ether oxygens (including phenoxy) is 1. The number of carbonyl (C=O) groups excluding carboxylic acids is 1. The van der Waals surface area contributed by atoms with E-state index in [0.29, 0.717) is 11.7 Å². The zero-order chi connectivity index (χ0) is 13.4. The SMILES string of the molecule is CN.CN1CCC(Oc2ccc(C=O)cc2)CC1. The first-order valence-corrected chi connectivity index (χ1v) is 6.26. The third kappa shape index (κ3) is 4.47. The number of rotatable bonds is 3. The fourth-order valence-corrected chi connectivity index (χ4v) is 1.92. The van der Waals surface area contributed by atoms with Crippen LogP contribution in [0.3, 0.4) is 0 Å². The lowest BCUT2D eigenvalue weighted by Crippen LogP contribution is -2.35. The fourth-order valence-electron chi connectivity index (χ4n) is 1.92. The van der Waals surface area contributed by atoms with Crippen LogP contribution in [0.4, 0.5) is 0 Å². The maximum Gasteiger partial charge on any atom is 0.150 e. The number of aldehydes is 1. The Morgan fingerprint density at radius 1 is 1.22 bits per heavy atom.